The van der Waals surface area contributed by atoms with Crippen molar-refractivity contribution in [2.24, 2.45) is 0 Å². The van der Waals surface area contributed by atoms with Gasteiger partial charge in [0.2, 0.25) is 0 Å². The second kappa shape index (κ2) is 6.15. The van der Waals surface area contributed by atoms with E-state index in [2.05, 4.69) is 16.4 Å². The molecule has 1 atom stereocenters. The van der Waals surface area contributed by atoms with E-state index < -0.39 is 0 Å². The Morgan fingerprint density at radius 1 is 1.17 bits per heavy atom. The number of ether oxygens (including phenoxy) is 1. The van der Waals surface area contributed by atoms with Crippen LogP contribution in [0, 0.1) is 27.7 Å². The first kappa shape index (κ1) is 16.3. The maximum Gasteiger partial charge on any atom is 0.261 e. The van der Waals surface area contributed by atoms with Gasteiger partial charge in [0, 0.05) is 17.7 Å². The molecule has 0 radical (unpaired) electrons. The molecule has 3 rings (SSSR count). The van der Waals surface area contributed by atoms with Crippen LogP contribution >= 0.6 is 0 Å². The number of hydrogen-bond acceptors (Lipinski definition) is 3. The number of aromatic amines is 1. The molecule has 0 bridgehead atoms. The summed E-state index contributed by atoms with van der Waals surface area (Å²) in [5.41, 5.74) is 4.43. The Hall–Kier alpha value is -2.56. The summed E-state index contributed by atoms with van der Waals surface area (Å²) in [7, 11) is 0. The third-order valence-corrected chi connectivity index (χ3v) is 4.37. The normalized spacial score (nSPS) is 16.2. The van der Waals surface area contributed by atoms with Crippen molar-refractivity contribution in [3.05, 3.63) is 62.1 Å². The van der Waals surface area contributed by atoms with Gasteiger partial charge >= 0.3 is 0 Å². The van der Waals surface area contributed by atoms with E-state index in [9.17, 15) is 9.59 Å². The molecule has 5 heteroatoms. The lowest BCUT2D eigenvalue weighted by Gasteiger charge is -2.28. The number of aryl methyl sites for hydroxylation is 4. The van der Waals surface area contributed by atoms with Crippen LogP contribution in [0.25, 0.3) is 0 Å². The zero-order valence-electron chi connectivity index (χ0n) is 14.4. The van der Waals surface area contributed by atoms with Crippen molar-refractivity contribution in [1.29, 1.82) is 0 Å². The highest BCUT2D eigenvalue weighted by Crippen LogP contribution is 2.35. The van der Waals surface area contributed by atoms with Gasteiger partial charge in [0.15, 0.2) is 0 Å². The van der Waals surface area contributed by atoms with E-state index in [0.29, 0.717) is 18.6 Å². The van der Waals surface area contributed by atoms with Gasteiger partial charge in [-0.05, 0) is 44.9 Å². The van der Waals surface area contributed by atoms with Crippen LogP contribution in [0.3, 0.4) is 0 Å². The van der Waals surface area contributed by atoms with Crippen LogP contribution < -0.4 is 15.6 Å². The number of hydrogen-bond donors (Lipinski definition) is 2. The molecule has 1 aliphatic heterocycles. The molecule has 1 aromatic heterocycles. The minimum absolute atomic E-state index is 0.153. The second-order valence-electron chi connectivity index (χ2n) is 6.50. The van der Waals surface area contributed by atoms with Crippen LogP contribution in [0.15, 0.2) is 23.0 Å². The monoisotopic (exact) mass is 326 g/mol. The Labute approximate surface area is 141 Å². The Balaban J connectivity index is 1.94. The maximum absolute atomic E-state index is 12.7. The zero-order chi connectivity index (χ0) is 17.4. The second-order valence-corrected chi connectivity index (χ2v) is 6.50. The van der Waals surface area contributed by atoms with Crippen molar-refractivity contribution in [3.63, 3.8) is 0 Å². The van der Waals surface area contributed by atoms with Crippen LogP contribution in [0.5, 0.6) is 5.75 Å². The molecule has 0 unspecified atom stereocenters. The summed E-state index contributed by atoms with van der Waals surface area (Å²) in [4.78, 5) is 27.5. The van der Waals surface area contributed by atoms with Crippen LogP contribution in [0.1, 0.15) is 50.8 Å². The summed E-state index contributed by atoms with van der Waals surface area (Å²) in [5, 5.41) is 3.01. The molecule has 1 aliphatic rings. The number of benzene rings is 1. The quantitative estimate of drug-likeness (QED) is 0.891. The fourth-order valence-corrected chi connectivity index (χ4v) is 3.39. The molecule has 2 N–H and O–H groups in total. The molecule has 0 spiro atoms. The van der Waals surface area contributed by atoms with Crippen molar-refractivity contribution in [3.8, 4) is 5.75 Å². The molecule has 126 valence electrons. The first-order valence-electron chi connectivity index (χ1n) is 8.12. The highest BCUT2D eigenvalue weighted by Gasteiger charge is 2.26. The third kappa shape index (κ3) is 2.94. The Kier molecular flexibility index (Phi) is 4.18. The summed E-state index contributed by atoms with van der Waals surface area (Å²) in [6.45, 7) is 8.16. The first-order valence-corrected chi connectivity index (χ1v) is 8.12. The number of amides is 1. The molecule has 2 aromatic rings. The highest BCUT2D eigenvalue weighted by molar-refractivity contribution is 5.95. The molecule has 0 fully saturated rings. The topological polar surface area (TPSA) is 71.2 Å². The van der Waals surface area contributed by atoms with E-state index in [4.69, 9.17) is 4.74 Å². The largest absolute Gasteiger partial charge is 0.493 e. The Morgan fingerprint density at radius 3 is 2.62 bits per heavy atom. The van der Waals surface area contributed by atoms with E-state index in [1.54, 1.807) is 13.8 Å². The van der Waals surface area contributed by atoms with Crippen LogP contribution in [-0.4, -0.2) is 17.5 Å². The smallest absolute Gasteiger partial charge is 0.261 e. The number of aromatic nitrogens is 1. The van der Waals surface area contributed by atoms with Crippen LogP contribution in [-0.2, 0) is 0 Å². The van der Waals surface area contributed by atoms with E-state index >= 15 is 0 Å². The van der Waals surface area contributed by atoms with Gasteiger partial charge in [-0.1, -0.05) is 17.7 Å². The Morgan fingerprint density at radius 2 is 1.92 bits per heavy atom. The van der Waals surface area contributed by atoms with E-state index in [1.165, 1.54) is 0 Å². The van der Waals surface area contributed by atoms with Gasteiger partial charge in [0.25, 0.3) is 11.5 Å². The van der Waals surface area contributed by atoms with Gasteiger partial charge in [0.1, 0.15) is 11.3 Å². The number of rotatable bonds is 2. The van der Waals surface area contributed by atoms with Crippen molar-refractivity contribution < 1.29 is 9.53 Å². The van der Waals surface area contributed by atoms with Gasteiger partial charge in [-0.3, -0.25) is 9.59 Å². The molecule has 1 aromatic carbocycles. The maximum atomic E-state index is 12.7. The van der Waals surface area contributed by atoms with Crippen molar-refractivity contribution >= 4 is 5.91 Å². The van der Waals surface area contributed by atoms with E-state index in [0.717, 1.165) is 28.1 Å². The van der Waals surface area contributed by atoms with Crippen molar-refractivity contribution in [2.45, 2.75) is 40.2 Å². The van der Waals surface area contributed by atoms with Gasteiger partial charge in [-0.2, -0.15) is 0 Å². The molecule has 0 saturated carbocycles. The standard InChI is InChI=1S/C19H22N2O3/c1-10-7-12(3)17-14(8-10)15(5-6-24-17)21-19(23)16-11(2)9-13(4)20-18(16)22/h7-9,15H,5-6H2,1-4H3,(H,20,22)(H,21,23)/t15-/m1/s1. The fourth-order valence-electron chi connectivity index (χ4n) is 3.39. The predicted molar refractivity (Wildman–Crippen MR) is 92.8 cm³/mol. The van der Waals surface area contributed by atoms with Crippen LogP contribution in [0.4, 0.5) is 0 Å². The van der Waals surface area contributed by atoms with Gasteiger partial charge in [-0.15, -0.1) is 0 Å². The average molecular weight is 326 g/mol. The molecule has 2 heterocycles. The zero-order valence-corrected chi connectivity index (χ0v) is 14.4. The minimum Gasteiger partial charge on any atom is -0.493 e. The summed E-state index contributed by atoms with van der Waals surface area (Å²) in [5.74, 6) is 0.498. The molecule has 5 nitrogen and oxygen atoms in total. The molecule has 24 heavy (non-hydrogen) atoms. The highest BCUT2D eigenvalue weighted by atomic mass is 16.5. The van der Waals surface area contributed by atoms with Gasteiger partial charge in [-0.25, -0.2) is 0 Å². The van der Waals surface area contributed by atoms with Crippen molar-refractivity contribution in [2.75, 3.05) is 6.61 Å². The summed E-state index contributed by atoms with van der Waals surface area (Å²) >= 11 is 0. The van der Waals surface area contributed by atoms with Gasteiger partial charge in [0.05, 0.1) is 12.6 Å². The number of H-pyrrole nitrogens is 1. The SMILES string of the molecule is Cc1cc(C)c2c(c1)[C@H](NC(=O)c1c(C)cc(C)[nH]c1=O)CCO2. The molecular formula is C19H22N2O3. The number of carbonyl (C=O) groups is 1. The lowest BCUT2D eigenvalue weighted by molar-refractivity contribution is 0.0922. The number of carbonyl (C=O) groups excluding carboxylic acids is 1. The lowest BCUT2D eigenvalue weighted by Crippen LogP contribution is -2.36. The number of pyridine rings is 1. The predicted octanol–water partition coefficient (Wildman–Crippen LogP) is 2.86. The lowest BCUT2D eigenvalue weighted by atomic mass is 9.95. The van der Waals surface area contributed by atoms with E-state index in [1.807, 2.05) is 26.0 Å². The van der Waals surface area contributed by atoms with Crippen molar-refractivity contribution in [1.82, 2.24) is 10.3 Å². The Bertz CT molecular complexity index is 868. The third-order valence-electron chi connectivity index (χ3n) is 4.37. The number of fused-ring (bicyclic) bond motifs is 1. The van der Waals surface area contributed by atoms with Gasteiger partial charge < -0.3 is 15.0 Å². The average Bonchev–Trinajstić information content (AvgIpc) is 2.47. The number of nitrogens with one attached hydrogen (secondary N) is 2. The van der Waals surface area contributed by atoms with Crippen LogP contribution in [0.2, 0.25) is 0 Å². The summed E-state index contributed by atoms with van der Waals surface area (Å²) < 4.78 is 5.77. The fraction of sp³-hybridized carbons (Fsp3) is 0.368. The first-order chi connectivity index (χ1) is 11.4. The molecule has 0 aliphatic carbocycles. The minimum atomic E-state index is -0.349. The summed E-state index contributed by atoms with van der Waals surface area (Å²) in [6, 6.07) is 5.76. The summed E-state index contributed by atoms with van der Waals surface area (Å²) in [6.07, 6.45) is 0.685. The molecular weight excluding hydrogens is 304 g/mol. The molecule has 0 saturated heterocycles. The van der Waals surface area contributed by atoms with E-state index in [-0.39, 0.29) is 23.1 Å². The molecule has 1 amide bonds.